The maximum absolute atomic E-state index is 10.3. The standard InChI is InChI=1S/C9H17NO3/c1-3-4-5-9(6-10(12)13)8(2)7-11/h5,8,11H,3-4,6-7H2,1-2H3/b9-5+. The van der Waals surface area contributed by atoms with Crippen LogP contribution in [0.3, 0.4) is 0 Å². The number of unbranched alkanes of at least 4 members (excludes halogenated alkanes) is 1. The predicted octanol–water partition coefficient (Wildman–Crippen LogP) is 1.62. The summed E-state index contributed by atoms with van der Waals surface area (Å²) in [7, 11) is 0. The van der Waals surface area contributed by atoms with Crippen LogP contribution in [0.5, 0.6) is 0 Å². The van der Waals surface area contributed by atoms with E-state index in [1.165, 1.54) is 0 Å². The molecule has 0 bridgehead atoms. The van der Waals surface area contributed by atoms with Gasteiger partial charge in [0.05, 0.1) is 0 Å². The number of hydrogen-bond donors (Lipinski definition) is 1. The third-order valence-corrected chi connectivity index (χ3v) is 1.91. The molecular formula is C9H17NO3. The molecule has 76 valence electrons. The van der Waals surface area contributed by atoms with Crippen molar-refractivity contribution in [2.45, 2.75) is 26.7 Å². The van der Waals surface area contributed by atoms with Crippen molar-refractivity contribution in [1.29, 1.82) is 0 Å². The number of aliphatic hydroxyl groups excluding tert-OH is 1. The van der Waals surface area contributed by atoms with E-state index >= 15 is 0 Å². The monoisotopic (exact) mass is 187 g/mol. The number of allylic oxidation sites excluding steroid dienone is 1. The molecule has 4 nitrogen and oxygen atoms in total. The molecule has 0 aromatic rings. The van der Waals surface area contributed by atoms with Gasteiger partial charge in [0.2, 0.25) is 6.54 Å². The fourth-order valence-corrected chi connectivity index (χ4v) is 1.02. The Kier molecular flexibility index (Phi) is 6.14. The number of rotatable bonds is 6. The van der Waals surface area contributed by atoms with Crippen molar-refractivity contribution in [3.05, 3.63) is 21.8 Å². The number of aliphatic hydroxyl groups is 1. The molecule has 1 atom stereocenters. The van der Waals surface area contributed by atoms with Crippen LogP contribution in [-0.2, 0) is 0 Å². The van der Waals surface area contributed by atoms with Gasteiger partial charge in [-0.05, 0) is 6.42 Å². The molecule has 0 spiro atoms. The minimum absolute atomic E-state index is 0.0244. The minimum Gasteiger partial charge on any atom is -0.396 e. The van der Waals surface area contributed by atoms with E-state index in [2.05, 4.69) is 0 Å². The van der Waals surface area contributed by atoms with Crippen molar-refractivity contribution in [2.24, 2.45) is 5.92 Å². The molecule has 0 saturated carbocycles. The molecule has 0 fully saturated rings. The highest BCUT2D eigenvalue weighted by Gasteiger charge is 2.12. The second kappa shape index (κ2) is 6.60. The summed E-state index contributed by atoms with van der Waals surface area (Å²) in [4.78, 5) is 9.92. The fourth-order valence-electron chi connectivity index (χ4n) is 1.02. The lowest BCUT2D eigenvalue weighted by molar-refractivity contribution is -0.471. The molecule has 0 aromatic heterocycles. The minimum atomic E-state index is -0.354. The summed E-state index contributed by atoms with van der Waals surface area (Å²) in [5.74, 6) is -0.100. The summed E-state index contributed by atoms with van der Waals surface area (Å²) in [6.45, 7) is 3.64. The normalized spacial score (nSPS) is 14.2. The average molecular weight is 187 g/mol. The first kappa shape index (κ1) is 12.1. The summed E-state index contributed by atoms with van der Waals surface area (Å²) in [5.41, 5.74) is 0.731. The quantitative estimate of drug-likeness (QED) is 0.390. The van der Waals surface area contributed by atoms with Crippen molar-refractivity contribution < 1.29 is 10.0 Å². The Balaban J connectivity index is 4.26. The molecule has 0 heterocycles. The molecule has 1 N–H and O–H groups in total. The fraction of sp³-hybridized carbons (Fsp3) is 0.778. The molecule has 0 rings (SSSR count). The van der Waals surface area contributed by atoms with Crippen molar-refractivity contribution >= 4 is 0 Å². The van der Waals surface area contributed by atoms with Crippen LogP contribution in [0.15, 0.2) is 11.6 Å². The van der Waals surface area contributed by atoms with Gasteiger partial charge >= 0.3 is 0 Å². The van der Waals surface area contributed by atoms with E-state index in [4.69, 9.17) is 5.11 Å². The first-order valence-corrected chi connectivity index (χ1v) is 4.53. The SMILES string of the molecule is CCC/C=C(\C[N+](=O)[O-])C(C)CO. The van der Waals surface area contributed by atoms with Crippen molar-refractivity contribution in [3.63, 3.8) is 0 Å². The Morgan fingerprint density at radius 2 is 2.31 bits per heavy atom. The molecular weight excluding hydrogens is 170 g/mol. The first-order valence-electron chi connectivity index (χ1n) is 4.53. The Morgan fingerprint density at radius 3 is 2.69 bits per heavy atom. The van der Waals surface area contributed by atoms with E-state index in [1.807, 2.05) is 13.0 Å². The predicted molar refractivity (Wildman–Crippen MR) is 51.1 cm³/mol. The van der Waals surface area contributed by atoms with Gasteiger partial charge in [-0.3, -0.25) is 10.1 Å². The molecule has 0 aliphatic heterocycles. The van der Waals surface area contributed by atoms with Crippen LogP contribution in [0.25, 0.3) is 0 Å². The smallest absolute Gasteiger partial charge is 0.225 e. The zero-order chi connectivity index (χ0) is 10.3. The molecule has 1 unspecified atom stereocenters. The largest absolute Gasteiger partial charge is 0.396 e. The highest BCUT2D eigenvalue weighted by molar-refractivity contribution is 5.05. The Morgan fingerprint density at radius 1 is 1.69 bits per heavy atom. The van der Waals surface area contributed by atoms with Gasteiger partial charge in [-0.25, -0.2) is 0 Å². The highest BCUT2D eigenvalue weighted by Crippen LogP contribution is 2.11. The molecule has 0 amide bonds. The van der Waals surface area contributed by atoms with Gasteiger partial charge in [-0.1, -0.05) is 26.3 Å². The van der Waals surface area contributed by atoms with E-state index < -0.39 is 0 Å². The Labute approximate surface area is 78.4 Å². The first-order chi connectivity index (χ1) is 6.11. The Bertz CT molecular complexity index is 189. The van der Waals surface area contributed by atoms with Crippen LogP contribution >= 0.6 is 0 Å². The van der Waals surface area contributed by atoms with Gasteiger partial charge in [0.25, 0.3) is 0 Å². The van der Waals surface area contributed by atoms with Crippen LogP contribution in [0.1, 0.15) is 26.7 Å². The number of nitro groups is 1. The van der Waals surface area contributed by atoms with Crippen LogP contribution in [0.2, 0.25) is 0 Å². The van der Waals surface area contributed by atoms with E-state index in [0.717, 1.165) is 18.4 Å². The topological polar surface area (TPSA) is 63.4 Å². The van der Waals surface area contributed by atoms with Crippen LogP contribution in [-0.4, -0.2) is 23.2 Å². The zero-order valence-corrected chi connectivity index (χ0v) is 8.19. The van der Waals surface area contributed by atoms with Gasteiger partial charge in [0.15, 0.2) is 0 Å². The molecule has 4 heteroatoms. The van der Waals surface area contributed by atoms with Crippen molar-refractivity contribution in [1.82, 2.24) is 0 Å². The molecule has 13 heavy (non-hydrogen) atoms. The summed E-state index contributed by atoms with van der Waals surface area (Å²) in [5, 5.41) is 19.1. The number of hydrogen-bond acceptors (Lipinski definition) is 3. The Hall–Kier alpha value is -0.900. The number of nitrogens with zero attached hydrogens (tertiary/aromatic N) is 1. The maximum atomic E-state index is 10.3. The maximum Gasteiger partial charge on any atom is 0.225 e. The summed E-state index contributed by atoms with van der Waals surface area (Å²) in [6.07, 6.45) is 3.68. The van der Waals surface area contributed by atoms with Crippen molar-refractivity contribution in [3.8, 4) is 0 Å². The lowest BCUT2D eigenvalue weighted by atomic mass is 10.0. The van der Waals surface area contributed by atoms with Crippen LogP contribution < -0.4 is 0 Å². The lowest BCUT2D eigenvalue weighted by Crippen LogP contribution is -2.13. The third-order valence-electron chi connectivity index (χ3n) is 1.91. The molecule has 0 radical (unpaired) electrons. The summed E-state index contributed by atoms with van der Waals surface area (Å²) in [6, 6.07) is 0. The lowest BCUT2D eigenvalue weighted by Gasteiger charge is -2.09. The van der Waals surface area contributed by atoms with E-state index in [0.29, 0.717) is 0 Å². The van der Waals surface area contributed by atoms with Gasteiger partial charge in [0, 0.05) is 23.0 Å². The van der Waals surface area contributed by atoms with Gasteiger partial charge < -0.3 is 5.11 Å². The third kappa shape index (κ3) is 5.36. The van der Waals surface area contributed by atoms with E-state index in [-0.39, 0.29) is 24.0 Å². The zero-order valence-electron chi connectivity index (χ0n) is 8.19. The van der Waals surface area contributed by atoms with Gasteiger partial charge in [0.1, 0.15) is 0 Å². The average Bonchev–Trinajstić information content (AvgIpc) is 2.10. The molecule has 0 aliphatic rings. The highest BCUT2D eigenvalue weighted by atomic mass is 16.6. The van der Waals surface area contributed by atoms with E-state index in [1.54, 1.807) is 6.92 Å². The second-order valence-corrected chi connectivity index (χ2v) is 3.14. The van der Waals surface area contributed by atoms with Gasteiger partial charge in [-0.2, -0.15) is 0 Å². The molecule has 0 aliphatic carbocycles. The van der Waals surface area contributed by atoms with E-state index in [9.17, 15) is 10.1 Å². The van der Waals surface area contributed by atoms with Crippen LogP contribution in [0, 0.1) is 16.0 Å². The summed E-state index contributed by atoms with van der Waals surface area (Å²) < 4.78 is 0. The molecule has 0 saturated heterocycles. The van der Waals surface area contributed by atoms with Crippen molar-refractivity contribution in [2.75, 3.05) is 13.2 Å². The van der Waals surface area contributed by atoms with Gasteiger partial charge in [-0.15, -0.1) is 0 Å². The van der Waals surface area contributed by atoms with Crippen LogP contribution in [0.4, 0.5) is 0 Å². The summed E-state index contributed by atoms with van der Waals surface area (Å²) >= 11 is 0. The molecule has 0 aromatic carbocycles. The second-order valence-electron chi connectivity index (χ2n) is 3.14.